The van der Waals surface area contributed by atoms with Gasteiger partial charge in [0.25, 0.3) is 0 Å². The molecule has 1 saturated heterocycles. The summed E-state index contributed by atoms with van der Waals surface area (Å²) >= 11 is 0. The van der Waals surface area contributed by atoms with Crippen molar-refractivity contribution in [1.82, 2.24) is 10.2 Å². The first-order chi connectivity index (χ1) is 9.22. The average molecular weight is 264 g/mol. The molecule has 0 amide bonds. The number of hydrogen-bond acceptors (Lipinski definition) is 2. The van der Waals surface area contributed by atoms with Crippen molar-refractivity contribution < 1.29 is 4.39 Å². The fraction of sp³-hybridized carbons (Fsp3) is 0.625. The highest BCUT2D eigenvalue weighted by Crippen LogP contribution is 2.33. The Hall–Kier alpha value is -0.930. The Morgan fingerprint density at radius 2 is 2.00 bits per heavy atom. The van der Waals surface area contributed by atoms with Crippen molar-refractivity contribution in [3.8, 4) is 0 Å². The predicted octanol–water partition coefficient (Wildman–Crippen LogP) is 3.21. The van der Waals surface area contributed by atoms with Crippen molar-refractivity contribution in [2.75, 3.05) is 26.7 Å². The van der Waals surface area contributed by atoms with Crippen molar-refractivity contribution in [2.45, 2.75) is 32.2 Å². The summed E-state index contributed by atoms with van der Waals surface area (Å²) in [6.07, 6.45) is 3.80. The molecule has 19 heavy (non-hydrogen) atoms. The van der Waals surface area contributed by atoms with E-state index >= 15 is 0 Å². The van der Waals surface area contributed by atoms with Crippen molar-refractivity contribution in [2.24, 2.45) is 5.92 Å². The number of rotatable bonds is 4. The van der Waals surface area contributed by atoms with Crippen LogP contribution >= 0.6 is 0 Å². The number of halogens is 1. The van der Waals surface area contributed by atoms with Gasteiger partial charge >= 0.3 is 0 Å². The van der Waals surface area contributed by atoms with Crippen molar-refractivity contribution >= 4 is 0 Å². The molecule has 2 rings (SSSR count). The zero-order valence-corrected chi connectivity index (χ0v) is 12.0. The van der Waals surface area contributed by atoms with Gasteiger partial charge in [-0.2, -0.15) is 0 Å². The smallest absolute Gasteiger partial charge is 0.123 e. The minimum absolute atomic E-state index is 0.150. The van der Waals surface area contributed by atoms with Gasteiger partial charge in [-0.3, -0.25) is 4.90 Å². The van der Waals surface area contributed by atoms with Gasteiger partial charge in [0.15, 0.2) is 0 Å². The minimum Gasteiger partial charge on any atom is -0.317 e. The SMILES string of the molecule is CCNCC1CCCCN(C)C1c1ccc(F)cc1. The molecule has 2 unspecified atom stereocenters. The Labute approximate surface area is 116 Å². The van der Waals surface area contributed by atoms with Gasteiger partial charge in [0.1, 0.15) is 5.82 Å². The number of benzene rings is 1. The summed E-state index contributed by atoms with van der Waals surface area (Å²) in [5.74, 6) is 0.459. The maximum absolute atomic E-state index is 13.1. The Morgan fingerprint density at radius 3 is 2.68 bits per heavy atom. The zero-order chi connectivity index (χ0) is 13.7. The lowest BCUT2D eigenvalue weighted by Crippen LogP contribution is -2.34. The third kappa shape index (κ3) is 3.77. The Balaban J connectivity index is 2.20. The van der Waals surface area contributed by atoms with Crippen LogP contribution in [0, 0.1) is 11.7 Å². The summed E-state index contributed by atoms with van der Waals surface area (Å²) in [5.41, 5.74) is 1.24. The summed E-state index contributed by atoms with van der Waals surface area (Å²) in [6.45, 7) is 5.33. The van der Waals surface area contributed by atoms with Gasteiger partial charge in [-0.05, 0) is 63.1 Å². The molecule has 1 aromatic rings. The van der Waals surface area contributed by atoms with Crippen molar-refractivity contribution in [3.05, 3.63) is 35.6 Å². The topological polar surface area (TPSA) is 15.3 Å². The molecule has 2 nitrogen and oxygen atoms in total. The number of hydrogen-bond donors (Lipinski definition) is 1. The molecule has 2 atom stereocenters. The fourth-order valence-corrected chi connectivity index (χ4v) is 3.15. The van der Waals surface area contributed by atoms with Crippen LogP contribution in [0.25, 0.3) is 0 Å². The van der Waals surface area contributed by atoms with Gasteiger partial charge in [-0.1, -0.05) is 25.5 Å². The lowest BCUT2D eigenvalue weighted by Gasteiger charge is -2.33. The number of nitrogens with zero attached hydrogens (tertiary/aromatic N) is 1. The third-order valence-corrected chi connectivity index (χ3v) is 4.13. The fourth-order valence-electron chi connectivity index (χ4n) is 3.15. The van der Waals surface area contributed by atoms with Crippen LogP contribution in [-0.4, -0.2) is 31.6 Å². The molecule has 0 aliphatic carbocycles. The quantitative estimate of drug-likeness (QED) is 0.898. The van der Waals surface area contributed by atoms with Crippen LogP contribution < -0.4 is 5.32 Å². The van der Waals surface area contributed by atoms with Crippen LogP contribution in [0.2, 0.25) is 0 Å². The van der Waals surface area contributed by atoms with Gasteiger partial charge in [0, 0.05) is 6.04 Å². The van der Waals surface area contributed by atoms with Gasteiger partial charge in [0.2, 0.25) is 0 Å². The van der Waals surface area contributed by atoms with Gasteiger partial charge in [-0.15, -0.1) is 0 Å². The molecule has 1 N–H and O–H groups in total. The van der Waals surface area contributed by atoms with E-state index in [9.17, 15) is 4.39 Å². The number of likely N-dealkylation sites (tertiary alicyclic amines) is 1. The summed E-state index contributed by atoms with van der Waals surface area (Å²) in [6, 6.07) is 7.46. The first kappa shape index (κ1) is 14.5. The summed E-state index contributed by atoms with van der Waals surface area (Å²) in [4.78, 5) is 2.43. The molecular weight excluding hydrogens is 239 g/mol. The minimum atomic E-state index is -0.150. The molecule has 0 bridgehead atoms. The van der Waals surface area contributed by atoms with E-state index in [1.807, 2.05) is 12.1 Å². The van der Waals surface area contributed by atoms with E-state index in [1.165, 1.54) is 24.8 Å². The van der Waals surface area contributed by atoms with Crippen LogP contribution in [0.4, 0.5) is 4.39 Å². The first-order valence-corrected chi connectivity index (χ1v) is 7.38. The molecule has 1 aromatic carbocycles. The normalized spacial score (nSPS) is 25.2. The lowest BCUT2D eigenvalue weighted by atomic mass is 9.89. The monoisotopic (exact) mass is 264 g/mol. The number of nitrogens with one attached hydrogen (secondary N) is 1. The second-order valence-electron chi connectivity index (χ2n) is 5.54. The predicted molar refractivity (Wildman–Crippen MR) is 77.7 cm³/mol. The Bertz CT molecular complexity index is 377. The second-order valence-corrected chi connectivity index (χ2v) is 5.54. The Kier molecular flexibility index (Phi) is 5.34. The highest BCUT2D eigenvalue weighted by atomic mass is 19.1. The first-order valence-electron chi connectivity index (χ1n) is 7.38. The summed E-state index contributed by atoms with van der Waals surface area (Å²) in [7, 11) is 2.19. The van der Waals surface area contributed by atoms with E-state index in [0.29, 0.717) is 12.0 Å². The van der Waals surface area contributed by atoms with Crippen LogP contribution in [-0.2, 0) is 0 Å². The highest BCUT2D eigenvalue weighted by molar-refractivity contribution is 5.21. The Morgan fingerprint density at radius 1 is 1.26 bits per heavy atom. The average Bonchev–Trinajstić information content (AvgIpc) is 2.59. The lowest BCUT2D eigenvalue weighted by molar-refractivity contribution is 0.189. The molecule has 3 heteroatoms. The van der Waals surface area contributed by atoms with Gasteiger partial charge < -0.3 is 5.32 Å². The summed E-state index contributed by atoms with van der Waals surface area (Å²) < 4.78 is 13.1. The van der Waals surface area contributed by atoms with E-state index in [1.54, 1.807) is 12.1 Å². The van der Waals surface area contributed by atoms with Gasteiger partial charge in [0.05, 0.1) is 0 Å². The molecule has 0 radical (unpaired) electrons. The molecule has 1 aliphatic heterocycles. The van der Waals surface area contributed by atoms with E-state index in [2.05, 4.69) is 24.2 Å². The second kappa shape index (κ2) is 7.01. The van der Waals surface area contributed by atoms with Crippen LogP contribution in [0.5, 0.6) is 0 Å². The maximum atomic E-state index is 13.1. The summed E-state index contributed by atoms with van der Waals surface area (Å²) in [5, 5.41) is 3.48. The van der Waals surface area contributed by atoms with Crippen LogP contribution in [0.15, 0.2) is 24.3 Å². The molecule has 1 aliphatic rings. The standard InChI is InChI=1S/C16H25FN2/c1-3-18-12-14-6-4-5-11-19(2)16(14)13-7-9-15(17)10-8-13/h7-10,14,16,18H,3-6,11-12H2,1-2H3. The van der Waals surface area contributed by atoms with Crippen LogP contribution in [0.3, 0.4) is 0 Å². The van der Waals surface area contributed by atoms with Crippen LogP contribution in [0.1, 0.15) is 37.8 Å². The third-order valence-electron chi connectivity index (χ3n) is 4.13. The van der Waals surface area contributed by atoms with Gasteiger partial charge in [-0.25, -0.2) is 4.39 Å². The van der Waals surface area contributed by atoms with E-state index in [0.717, 1.165) is 19.6 Å². The van der Waals surface area contributed by atoms with E-state index in [4.69, 9.17) is 0 Å². The molecule has 0 aromatic heterocycles. The van der Waals surface area contributed by atoms with E-state index in [-0.39, 0.29) is 5.82 Å². The molecule has 106 valence electrons. The molecular formula is C16H25FN2. The highest BCUT2D eigenvalue weighted by Gasteiger charge is 2.28. The molecule has 0 saturated carbocycles. The molecule has 1 heterocycles. The van der Waals surface area contributed by atoms with E-state index < -0.39 is 0 Å². The largest absolute Gasteiger partial charge is 0.317 e. The molecule has 0 spiro atoms. The van der Waals surface area contributed by atoms with Crippen molar-refractivity contribution in [3.63, 3.8) is 0 Å². The molecule has 1 fully saturated rings. The zero-order valence-electron chi connectivity index (χ0n) is 12.0. The maximum Gasteiger partial charge on any atom is 0.123 e. The van der Waals surface area contributed by atoms with Crippen molar-refractivity contribution in [1.29, 1.82) is 0 Å².